The third kappa shape index (κ3) is 4.96. The third-order valence-electron chi connectivity index (χ3n) is 5.04. The highest BCUT2D eigenvalue weighted by atomic mass is 16.7. The van der Waals surface area contributed by atoms with Gasteiger partial charge in [0.25, 0.3) is 0 Å². The monoisotopic (exact) mass is 427 g/mol. The highest BCUT2D eigenvalue weighted by Crippen LogP contribution is 2.28. The van der Waals surface area contributed by atoms with E-state index in [2.05, 4.69) is 0 Å². The molecule has 2 saturated heterocycles. The molecule has 11 heteroatoms. The molecule has 0 bridgehead atoms. The summed E-state index contributed by atoms with van der Waals surface area (Å²) in [6, 6.07) is 10.4. The van der Waals surface area contributed by atoms with Gasteiger partial charge >= 0.3 is 0 Å². The molecule has 0 aromatic heterocycles. The molecule has 30 heavy (non-hydrogen) atoms. The van der Waals surface area contributed by atoms with E-state index >= 15 is 0 Å². The van der Waals surface area contributed by atoms with E-state index in [1.54, 1.807) is 30.3 Å². The third-order valence-corrected chi connectivity index (χ3v) is 5.04. The van der Waals surface area contributed by atoms with Crippen molar-refractivity contribution < 1.29 is 49.6 Å². The predicted octanol–water partition coefficient (Wildman–Crippen LogP) is -2.47. The number of aliphatic hydroxyl groups excluding tert-OH is 6. The largest absolute Gasteiger partial charge is 0.388 e. The molecule has 0 unspecified atom stereocenters. The maximum absolute atomic E-state index is 10.2. The van der Waals surface area contributed by atoms with E-state index in [0.717, 1.165) is 0 Å². The molecule has 3 rings (SSSR count). The first-order valence-corrected chi connectivity index (χ1v) is 9.40. The summed E-state index contributed by atoms with van der Waals surface area (Å²) < 4.78 is 21.5. The zero-order chi connectivity index (χ0) is 21.8. The summed E-state index contributed by atoms with van der Waals surface area (Å²) in [5.41, 5.74) is 0.510. The number of hydrogen-bond acceptors (Lipinski definition) is 11. The van der Waals surface area contributed by atoms with Crippen molar-refractivity contribution >= 4 is 0 Å². The molecule has 6 N–H and O–H groups in total. The molecule has 2 fully saturated rings. The van der Waals surface area contributed by atoms with Gasteiger partial charge in [-0.25, -0.2) is 0 Å². The maximum Gasteiger partial charge on any atom is 0.188 e. The van der Waals surface area contributed by atoms with E-state index in [9.17, 15) is 35.9 Å². The molecule has 0 saturated carbocycles. The van der Waals surface area contributed by atoms with E-state index < -0.39 is 68.0 Å². The molecule has 11 nitrogen and oxygen atoms in total. The first-order chi connectivity index (χ1) is 14.3. The zero-order valence-electron chi connectivity index (χ0n) is 15.8. The van der Waals surface area contributed by atoms with Crippen LogP contribution in [0.4, 0.5) is 0 Å². The molecule has 0 aliphatic carbocycles. The van der Waals surface area contributed by atoms with Gasteiger partial charge in [-0.1, -0.05) is 30.3 Å². The number of ether oxygens (including phenoxy) is 4. The van der Waals surface area contributed by atoms with Crippen molar-refractivity contribution in [2.75, 3.05) is 13.2 Å². The smallest absolute Gasteiger partial charge is 0.188 e. The Labute approximate surface area is 172 Å². The van der Waals surface area contributed by atoms with Crippen LogP contribution in [0.25, 0.3) is 0 Å². The minimum Gasteiger partial charge on any atom is -0.388 e. The van der Waals surface area contributed by atoms with Crippen molar-refractivity contribution in [3.05, 3.63) is 35.9 Å². The van der Waals surface area contributed by atoms with Gasteiger partial charge in [-0.05, 0) is 5.56 Å². The van der Waals surface area contributed by atoms with Gasteiger partial charge in [-0.15, -0.1) is 0 Å². The summed E-state index contributed by atoms with van der Waals surface area (Å²) in [6.07, 6.45) is -14.2. The van der Waals surface area contributed by atoms with Gasteiger partial charge in [-0.2, -0.15) is 5.26 Å². The minimum absolute atomic E-state index is 0.273. The first-order valence-electron chi connectivity index (χ1n) is 9.40. The van der Waals surface area contributed by atoms with Gasteiger partial charge in [0.15, 0.2) is 18.7 Å². The fraction of sp³-hybridized carbons (Fsp3) is 0.632. The van der Waals surface area contributed by atoms with Crippen molar-refractivity contribution in [3.8, 4) is 6.07 Å². The molecule has 1 aromatic carbocycles. The van der Waals surface area contributed by atoms with E-state index in [1.165, 1.54) is 0 Å². The molecular formula is C19H25NO10. The van der Waals surface area contributed by atoms with Crippen LogP contribution in [0.3, 0.4) is 0 Å². The molecule has 2 heterocycles. The predicted molar refractivity (Wildman–Crippen MR) is 96.3 cm³/mol. The van der Waals surface area contributed by atoms with E-state index in [4.69, 9.17) is 18.9 Å². The standard InChI is InChI=1S/C19H25NO10/c20-6-11(9-4-2-1-3-5-9)29-19-17(26)15(24)14(23)12(30-19)8-28-18-16(25)13(22)10(21)7-27-18/h1-5,10-19,21-26H,7-8H2/t10-,11-,12-,13+,14+,15-,16+,17+,18-,19-/m0/s1. The van der Waals surface area contributed by atoms with Crippen LogP contribution in [0, 0.1) is 11.3 Å². The number of nitrogens with zero attached hydrogens (tertiary/aromatic N) is 1. The highest BCUT2D eigenvalue weighted by molar-refractivity contribution is 5.22. The molecule has 1 aromatic rings. The Morgan fingerprint density at radius 1 is 0.933 bits per heavy atom. The maximum atomic E-state index is 10.2. The summed E-state index contributed by atoms with van der Waals surface area (Å²) in [5.74, 6) is 0. The Kier molecular flexibility index (Phi) is 7.72. The Morgan fingerprint density at radius 3 is 2.27 bits per heavy atom. The normalized spacial score (nSPS) is 40.5. The second kappa shape index (κ2) is 10.1. The minimum atomic E-state index is -1.66. The lowest BCUT2D eigenvalue weighted by Crippen LogP contribution is -2.60. The zero-order valence-corrected chi connectivity index (χ0v) is 15.8. The molecule has 0 amide bonds. The van der Waals surface area contributed by atoms with Gasteiger partial charge < -0.3 is 49.6 Å². The number of rotatable bonds is 6. The van der Waals surface area contributed by atoms with E-state index in [-0.39, 0.29) is 6.61 Å². The van der Waals surface area contributed by atoms with Crippen molar-refractivity contribution in [3.63, 3.8) is 0 Å². The Bertz CT molecular complexity index is 715. The van der Waals surface area contributed by atoms with Gasteiger partial charge in [0.2, 0.25) is 0 Å². The van der Waals surface area contributed by atoms with Crippen molar-refractivity contribution in [2.45, 2.75) is 61.4 Å². The molecule has 2 aliphatic rings. The van der Waals surface area contributed by atoms with Crippen LogP contribution in [0.15, 0.2) is 30.3 Å². The lowest BCUT2D eigenvalue weighted by atomic mass is 9.99. The topological polar surface area (TPSA) is 182 Å². The Hall–Kier alpha value is -1.69. The van der Waals surface area contributed by atoms with Gasteiger partial charge in [-0.3, -0.25) is 0 Å². The van der Waals surface area contributed by atoms with E-state index in [0.29, 0.717) is 5.56 Å². The quantitative estimate of drug-likeness (QED) is 0.283. The van der Waals surface area contributed by atoms with Crippen molar-refractivity contribution in [1.82, 2.24) is 0 Å². The van der Waals surface area contributed by atoms with Gasteiger partial charge in [0.05, 0.1) is 19.3 Å². The summed E-state index contributed by atoms with van der Waals surface area (Å²) in [4.78, 5) is 0. The summed E-state index contributed by atoms with van der Waals surface area (Å²) in [7, 11) is 0. The average Bonchev–Trinajstić information content (AvgIpc) is 2.76. The van der Waals surface area contributed by atoms with E-state index in [1.807, 2.05) is 6.07 Å². The first kappa shape index (κ1) is 23.0. The van der Waals surface area contributed by atoms with Crippen LogP contribution in [-0.2, 0) is 18.9 Å². The molecule has 10 atom stereocenters. The van der Waals surface area contributed by atoms with Crippen molar-refractivity contribution in [1.29, 1.82) is 5.26 Å². The number of hydrogen-bond donors (Lipinski definition) is 6. The second-order valence-corrected chi connectivity index (χ2v) is 7.15. The number of nitriles is 1. The van der Waals surface area contributed by atoms with Crippen LogP contribution in [0.2, 0.25) is 0 Å². The SMILES string of the molecule is N#C[C@H](O[C@H]1O[C@@H](CO[C@@H]2OC[C@H](O)[C@@H](O)[C@H]2O)[C@@H](O)[C@H](O)[C@H]1O)c1ccccc1. The lowest BCUT2D eigenvalue weighted by molar-refractivity contribution is -0.325. The molecule has 2 aliphatic heterocycles. The summed E-state index contributed by atoms with van der Waals surface area (Å²) in [6.45, 7) is -0.678. The van der Waals surface area contributed by atoms with Crippen LogP contribution < -0.4 is 0 Å². The second-order valence-electron chi connectivity index (χ2n) is 7.15. The molecular weight excluding hydrogens is 402 g/mol. The molecule has 166 valence electrons. The van der Waals surface area contributed by atoms with Crippen LogP contribution in [0.5, 0.6) is 0 Å². The summed E-state index contributed by atoms with van der Waals surface area (Å²) >= 11 is 0. The highest BCUT2D eigenvalue weighted by Gasteiger charge is 2.46. The number of benzene rings is 1. The molecule has 0 spiro atoms. The fourth-order valence-electron chi connectivity index (χ4n) is 3.23. The Balaban J connectivity index is 1.63. The number of aliphatic hydroxyl groups is 6. The van der Waals surface area contributed by atoms with Crippen LogP contribution >= 0.6 is 0 Å². The molecule has 0 radical (unpaired) electrons. The average molecular weight is 427 g/mol. The van der Waals surface area contributed by atoms with Crippen LogP contribution in [0.1, 0.15) is 11.7 Å². The van der Waals surface area contributed by atoms with Crippen molar-refractivity contribution in [2.24, 2.45) is 0 Å². The Morgan fingerprint density at radius 2 is 1.60 bits per heavy atom. The lowest BCUT2D eigenvalue weighted by Gasteiger charge is -2.41. The van der Waals surface area contributed by atoms with Gasteiger partial charge in [0.1, 0.15) is 42.7 Å². The van der Waals surface area contributed by atoms with Gasteiger partial charge in [0, 0.05) is 0 Å². The summed E-state index contributed by atoms with van der Waals surface area (Å²) in [5, 5.41) is 69.0. The van der Waals surface area contributed by atoms with Crippen LogP contribution in [-0.4, -0.2) is 99.2 Å². The fourth-order valence-corrected chi connectivity index (χ4v) is 3.23.